The number of hydrogen-bond donors (Lipinski definition) is 0. The van der Waals surface area contributed by atoms with Gasteiger partial charge in [0.15, 0.2) is 5.78 Å². The van der Waals surface area contributed by atoms with Gasteiger partial charge < -0.3 is 4.90 Å². The fourth-order valence-corrected chi connectivity index (χ4v) is 6.46. The maximum atomic E-state index is 15.2. The van der Waals surface area contributed by atoms with E-state index in [0.29, 0.717) is 5.56 Å². The Kier molecular flexibility index (Phi) is 5.72. The monoisotopic (exact) mass is 480 g/mol. The second-order valence-corrected chi connectivity index (χ2v) is 10.3. The number of aromatic nitrogens is 2. The Labute approximate surface area is 210 Å². The van der Waals surface area contributed by atoms with Crippen LogP contribution in [0.4, 0.5) is 10.1 Å². The zero-order chi connectivity index (χ0) is 24.8. The summed E-state index contributed by atoms with van der Waals surface area (Å²) in [5, 5.41) is 14.8. The van der Waals surface area contributed by atoms with E-state index < -0.39 is 0 Å². The van der Waals surface area contributed by atoms with Gasteiger partial charge in [-0.3, -0.25) is 9.48 Å². The van der Waals surface area contributed by atoms with Crippen LogP contribution in [0.1, 0.15) is 49.4 Å². The Bertz CT molecular complexity index is 1380. The molecule has 0 bridgehead atoms. The molecular weight excluding hydrogens is 451 g/mol. The smallest absolute Gasteiger partial charge is 0.176 e. The molecule has 1 fully saturated rings. The molecule has 1 aliphatic heterocycles. The molecule has 36 heavy (non-hydrogen) atoms. The van der Waals surface area contributed by atoms with Crippen molar-refractivity contribution in [3.8, 4) is 17.3 Å². The highest BCUT2D eigenvalue weighted by molar-refractivity contribution is 6.01. The Morgan fingerprint density at radius 3 is 2.47 bits per heavy atom. The predicted octanol–water partition coefficient (Wildman–Crippen LogP) is 5.85. The summed E-state index contributed by atoms with van der Waals surface area (Å²) >= 11 is 0. The molecule has 3 unspecified atom stereocenters. The van der Waals surface area contributed by atoms with Gasteiger partial charge in [0, 0.05) is 41.7 Å². The van der Waals surface area contributed by atoms with Gasteiger partial charge in [-0.2, -0.15) is 10.4 Å². The summed E-state index contributed by atoms with van der Waals surface area (Å²) < 4.78 is 17.2. The van der Waals surface area contributed by atoms with Gasteiger partial charge in [-0.05, 0) is 55.9 Å². The summed E-state index contributed by atoms with van der Waals surface area (Å²) in [5.74, 6) is -0.486. The first-order valence-electron chi connectivity index (χ1n) is 12.9. The highest BCUT2D eigenvalue weighted by Crippen LogP contribution is 2.48. The van der Waals surface area contributed by atoms with Gasteiger partial charge in [0.25, 0.3) is 0 Å². The molecule has 2 aliphatic carbocycles. The molecule has 0 N–H and O–H groups in total. The molecule has 1 saturated heterocycles. The number of anilines is 1. The van der Waals surface area contributed by atoms with Crippen molar-refractivity contribution in [2.45, 2.75) is 44.6 Å². The number of allylic oxidation sites excluding steroid dienone is 2. The van der Waals surface area contributed by atoms with Gasteiger partial charge in [0.2, 0.25) is 0 Å². The number of carbonyl (C=O) groups is 1. The lowest BCUT2D eigenvalue weighted by atomic mass is 9.66. The average molecular weight is 481 g/mol. The topological polar surface area (TPSA) is 61.9 Å². The maximum absolute atomic E-state index is 15.2. The van der Waals surface area contributed by atoms with Gasteiger partial charge in [-0.1, -0.05) is 43.3 Å². The van der Waals surface area contributed by atoms with Crippen LogP contribution in [0, 0.1) is 29.0 Å². The highest BCUT2D eigenvalue weighted by Gasteiger charge is 2.43. The lowest BCUT2D eigenvalue weighted by molar-refractivity contribution is -0.120. The molecule has 0 radical (unpaired) electrons. The Morgan fingerprint density at radius 2 is 1.75 bits per heavy atom. The summed E-state index contributed by atoms with van der Waals surface area (Å²) in [5.41, 5.74) is 4.90. The zero-order valence-electron chi connectivity index (χ0n) is 20.4. The van der Waals surface area contributed by atoms with Crippen LogP contribution in [0.5, 0.6) is 0 Å². The van der Waals surface area contributed by atoms with Crippen LogP contribution >= 0.6 is 0 Å². The molecule has 3 aliphatic rings. The van der Waals surface area contributed by atoms with E-state index in [1.54, 1.807) is 6.07 Å². The van der Waals surface area contributed by atoms with Crippen LogP contribution in [0.2, 0.25) is 0 Å². The van der Waals surface area contributed by atoms with E-state index in [1.807, 2.05) is 31.2 Å². The van der Waals surface area contributed by atoms with Crippen molar-refractivity contribution in [2.75, 3.05) is 18.0 Å². The molecule has 3 aromatic rings. The molecule has 2 heterocycles. The maximum Gasteiger partial charge on any atom is 0.176 e. The third-order valence-corrected chi connectivity index (χ3v) is 8.39. The van der Waals surface area contributed by atoms with Gasteiger partial charge in [0.1, 0.15) is 11.9 Å². The predicted molar refractivity (Wildman–Crippen MR) is 137 cm³/mol. The van der Waals surface area contributed by atoms with Crippen molar-refractivity contribution in [3.05, 3.63) is 83.3 Å². The molecule has 2 aromatic carbocycles. The lowest BCUT2D eigenvalue weighted by Crippen LogP contribution is -2.35. The van der Waals surface area contributed by atoms with Crippen molar-refractivity contribution in [2.24, 2.45) is 11.8 Å². The van der Waals surface area contributed by atoms with Gasteiger partial charge >= 0.3 is 0 Å². The van der Waals surface area contributed by atoms with Gasteiger partial charge in [-0.25, -0.2) is 4.39 Å². The van der Waals surface area contributed by atoms with Crippen LogP contribution in [0.15, 0.2) is 66.2 Å². The minimum absolute atomic E-state index is 0.0655. The number of Topliss-reactive ketones (excluding diaryl/α,β-unsaturated/α-hetero) is 1. The Hall–Kier alpha value is -3.72. The summed E-state index contributed by atoms with van der Waals surface area (Å²) in [6.07, 6.45) is 5.25. The van der Waals surface area contributed by atoms with Crippen LogP contribution in [0.25, 0.3) is 11.3 Å². The standard InChI is InChI=1S/C30H29FN4O/c1-19-23-11-12-25-28(26(23)17-20(18-32)30(19)36)33-35(29(25)24-9-5-6-10-27(24)31)22-13-15-34(16-14-22)21-7-3-2-4-8-21/h2-10,17,19,22-23,26H,11-16H2,1H3. The second-order valence-electron chi connectivity index (χ2n) is 10.3. The largest absolute Gasteiger partial charge is 0.371 e. The fraction of sp³-hybridized carbons (Fsp3) is 0.367. The van der Waals surface area contributed by atoms with Crippen molar-refractivity contribution in [3.63, 3.8) is 0 Å². The van der Waals surface area contributed by atoms with E-state index in [2.05, 4.69) is 39.9 Å². The first-order valence-corrected chi connectivity index (χ1v) is 12.9. The molecule has 1 aromatic heterocycles. The Morgan fingerprint density at radius 1 is 1.03 bits per heavy atom. The highest BCUT2D eigenvalue weighted by atomic mass is 19.1. The molecule has 0 saturated carbocycles. The number of benzene rings is 2. The first-order chi connectivity index (χ1) is 17.6. The molecule has 6 rings (SSSR count). The molecule has 182 valence electrons. The first kappa shape index (κ1) is 22.7. The number of hydrogen-bond acceptors (Lipinski definition) is 4. The van der Waals surface area contributed by atoms with E-state index >= 15 is 4.39 Å². The van der Waals surface area contributed by atoms with Crippen LogP contribution < -0.4 is 4.90 Å². The number of nitriles is 1. The van der Waals surface area contributed by atoms with E-state index in [-0.39, 0.29) is 41.0 Å². The van der Waals surface area contributed by atoms with E-state index in [4.69, 9.17) is 5.10 Å². The number of fused-ring (bicyclic) bond motifs is 3. The molecule has 3 atom stereocenters. The number of rotatable bonds is 3. The minimum atomic E-state index is -0.245. The second kappa shape index (κ2) is 9.05. The third kappa shape index (κ3) is 3.65. The minimum Gasteiger partial charge on any atom is -0.371 e. The van der Waals surface area contributed by atoms with Crippen molar-refractivity contribution in [1.82, 2.24) is 9.78 Å². The van der Waals surface area contributed by atoms with E-state index in [9.17, 15) is 10.1 Å². The normalized spacial score (nSPS) is 24.0. The van der Waals surface area contributed by atoms with Crippen LogP contribution in [-0.2, 0) is 11.2 Å². The van der Waals surface area contributed by atoms with Crippen LogP contribution in [-0.4, -0.2) is 28.7 Å². The zero-order valence-corrected chi connectivity index (χ0v) is 20.4. The van der Waals surface area contributed by atoms with Gasteiger partial charge in [0.05, 0.1) is 23.0 Å². The molecule has 5 nitrogen and oxygen atoms in total. The van der Waals surface area contributed by atoms with Crippen LogP contribution in [0.3, 0.4) is 0 Å². The number of nitrogens with zero attached hydrogens (tertiary/aromatic N) is 4. The summed E-state index contributed by atoms with van der Waals surface area (Å²) in [4.78, 5) is 15.1. The van der Waals surface area contributed by atoms with Crippen molar-refractivity contribution in [1.29, 1.82) is 5.26 Å². The molecule has 0 spiro atoms. The molecule has 0 amide bonds. The van der Waals surface area contributed by atoms with E-state index in [1.165, 1.54) is 11.8 Å². The van der Waals surface area contributed by atoms with Gasteiger partial charge in [-0.15, -0.1) is 0 Å². The van der Waals surface area contributed by atoms with Crippen molar-refractivity contribution >= 4 is 11.5 Å². The van der Waals surface area contributed by atoms with E-state index in [0.717, 1.165) is 55.7 Å². The number of carbonyl (C=O) groups excluding carboxylic acids is 1. The summed E-state index contributed by atoms with van der Waals surface area (Å²) in [6, 6.07) is 19.7. The molecular formula is C30H29FN4O. The Balaban J connectivity index is 1.42. The summed E-state index contributed by atoms with van der Waals surface area (Å²) in [7, 11) is 0. The third-order valence-electron chi connectivity index (χ3n) is 8.39. The fourth-order valence-electron chi connectivity index (χ4n) is 6.46. The number of ketones is 1. The average Bonchev–Trinajstić information content (AvgIpc) is 3.31. The SMILES string of the molecule is CC1C(=O)C(C#N)=CC2c3nn(C4CCN(c5ccccc5)CC4)c(-c4ccccc4F)c3CCC12. The number of halogens is 1. The lowest BCUT2D eigenvalue weighted by Gasteiger charge is -2.36. The number of para-hydroxylation sites is 1. The molecule has 6 heteroatoms. The quantitative estimate of drug-likeness (QED) is 0.472. The number of piperidine rings is 1. The van der Waals surface area contributed by atoms with Crippen molar-refractivity contribution < 1.29 is 9.18 Å². The summed E-state index contributed by atoms with van der Waals surface area (Å²) in [6.45, 7) is 3.75.